The van der Waals surface area contributed by atoms with Gasteiger partial charge in [-0.2, -0.15) is 0 Å². The summed E-state index contributed by atoms with van der Waals surface area (Å²) in [5.74, 6) is -1.29. The Morgan fingerprint density at radius 3 is 2.69 bits per heavy atom. The van der Waals surface area contributed by atoms with Gasteiger partial charge in [0.05, 0.1) is 17.3 Å². The number of carbonyl (C=O) groups excluding carboxylic acids is 3. The lowest BCUT2D eigenvalue weighted by molar-refractivity contribution is -0.146. The fourth-order valence-electron chi connectivity index (χ4n) is 3.57. The van der Waals surface area contributed by atoms with Crippen LogP contribution < -0.4 is 0 Å². The number of rotatable bonds is 3. The quantitative estimate of drug-likeness (QED) is 0.327. The molecule has 4 atom stereocenters. The second-order valence-corrected chi connectivity index (χ2v) is 7.27. The highest BCUT2D eigenvalue weighted by Crippen LogP contribution is 2.46. The minimum Gasteiger partial charge on any atom is -0.461 e. The van der Waals surface area contributed by atoms with Gasteiger partial charge in [-0.1, -0.05) is 0 Å². The molecule has 0 N–H and O–H groups in total. The maximum atomic E-state index is 12.3. The van der Waals surface area contributed by atoms with E-state index < -0.39 is 24.1 Å². The van der Waals surface area contributed by atoms with Gasteiger partial charge in [0, 0.05) is 20.3 Å². The standard InChI is InChI=1S/C19H24O7/c1-10-7-16-13(14(18(22)25-16)9-23-11(2)20)5-6-19(4)17(26-19)8-15(10)24-12(3)21/h7,15-17H,5-6,8-9H2,1-4H3/b10-7+/t15-,16+,17+,19-/m0/s1. The first-order valence-corrected chi connectivity index (χ1v) is 8.79. The Morgan fingerprint density at radius 2 is 2.04 bits per heavy atom. The first kappa shape index (κ1) is 18.6. The summed E-state index contributed by atoms with van der Waals surface area (Å²) in [6, 6.07) is 0. The Hall–Kier alpha value is -2.15. The van der Waals surface area contributed by atoms with Gasteiger partial charge in [-0.3, -0.25) is 9.59 Å². The van der Waals surface area contributed by atoms with E-state index in [-0.39, 0.29) is 24.3 Å². The molecule has 0 spiro atoms. The molecule has 1 aliphatic carbocycles. The van der Waals surface area contributed by atoms with Crippen LogP contribution in [0, 0.1) is 0 Å². The average Bonchev–Trinajstić information content (AvgIpc) is 3.06. The Labute approximate surface area is 152 Å². The molecule has 0 saturated carbocycles. The van der Waals surface area contributed by atoms with Crippen molar-refractivity contribution in [3.05, 3.63) is 22.8 Å². The molecule has 3 aliphatic rings. The molecule has 1 saturated heterocycles. The van der Waals surface area contributed by atoms with Crippen molar-refractivity contribution >= 4 is 17.9 Å². The maximum absolute atomic E-state index is 12.3. The minimum absolute atomic E-state index is 0.00212. The van der Waals surface area contributed by atoms with Crippen LogP contribution in [-0.2, 0) is 33.3 Å². The zero-order valence-corrected chi connectivity index (χ0v) is 15.5. The highest BCUT2D eigenvalue weighted by Gasteiger charge is 2.53. The molecule has 26 heavy (non-hydrogen) atoms. The molecule has 7 heteroatoms. The Bertz CT molecular complexity index is 705. The Morgan fingerprint density at radius 1 is 1.31 bits per heavy atom. The van der Waals surface area contributed by atoms with E-state index >= 15 is 0 Å². The van der Waals surface area contributed by atoms with Crippen LogP contribution in [0.2, 0.25) is 0 Å². The number of hydrogen-bond donors (Lipinski definition) is 0. The van der Waals surface area contributed by atoms with Gasteiger partial charge in [0.2, 0.25) is 0 Å². The van der Waals surface area contributed by atoms with Crippen molar-refractivity contribution in [3.63, 3.8) is 0 Å². The molecule has 3 rings (SSSR count). The van der Waals surface area contributed by atoms with E-state index in [9.17, 15) is 14.4 Å². The van der Waals surface area contributed by atoms with Crippen molar-refractivity contribution in [2.45, 2.75) is 70.9 Å². The third-order valence-corrected chi connectivity index (χ3v) is 5.22. The van der Waals surface area contributed by atoms with E-state index in [1.807, 2.05) is 19.9 Å². The first-order valence-electron chi connectivity index (χ1n) is 8.79. The van der Waals surface area contributed by atoms with E-state index in [1.54, 1.807) is 0 Å². The summed E-state index contributed by atoms with van der Waals surface area (Å²) in [5, 5.41) is 0. The lowest BCUT2D eigenvalue weighted by Gasteiger charge is -2.21. The fraction of sp³-hybridized carbons (Fsp3) is 0.632. The van der Waals surface area contributed by atoms with Crippen LogP contribution >= 0.6 is 0 Å². The third kappa shape index (κ3) is 3.82. The highest BCUT2D eigenvalue weighted by molar-refractivity contribution is 5.93. The van der Waals surface area contributed by atoms with Gasteiger partial charge < -0.3 is 18.9 Å². The Kier molecular flexibility index (Phi) is 4.92. The predicted octanol–water partition coefficient (Wildman–Crippen LogP) is 1.99. The molecule has 0 bridgehead atoms. The molecule has 2 heterocycles. The van der Waals surface area contributed by atoms with Gasteiger partial charge in [-0.15, -0.1) is 0 Å². The van der Waals surface area contributed by atoms with Crippen molar-refractivity contribution in [1.29, 1.82) is 0 Å². The second-order valence-electron chi connectivity index (χ2n) is 7.27. The summed E-state index contributed by atoms with van der Waals surface area (Å²) in [7, 11) is 0. The van der Waals surface area contributed by atoms with Crippen molar-refractivity contribution in [1.82, 2.24) is 0 Å². The van der Waals surface area contributed by atoms with Crippen LogP contribution in [0.4, 0.5) is 0 Å². The molecule has 0 radical (unpaired) electrons. The molecule has 142 valence electrons. The van der Waals surface area contributed by atoms with Crippen molar-refractivity contribution < 1.29 is 33.3 Å². The summed E-state index contributed by atoms with van der Waals surface area (Å²) < 4.78 is 21.8. The molecular formula is C19H24O7. The molecule has 7 nitrogen and oxygen atoms in total. The van der Waals surface area contributed by atoms with Gasteiger partial charge in [0.1, 0.15) is 18.8 Å². The van der Waals surface area contributed by atoms with E-state index in [2.05, 4.69) is 0 Å². The molecule has 1 fully saturated rings. The number of hydrogen-bond acceptors (Lipinski definition) is 7. The van der Waals surface area contributed by atoms with Gasteiger partial charge in [0.15, 0.2) is 0 Å². The molecular weight excluding hydrogens is 340 g/mol. The van der Waals surface area contributed by atoms with Gasteiger partial charge in [0.25, 0.3) is 0 Å². The Balaban J connectivity index is 1.93. The summed E-state index contributed by atoms with van der Waals surface area (Å²) in [6.07, 6.45) is 2.76. The summed E-state index contributed by atoms with van der Waals surface area (Å²) >= 11 is 0. The van der Waals surface area contributed by atoms with E-state index in [0.717, 1.165) is 11.1 Å². The topological polar surface area (TPSA) is 91.4 Å². The minimum atomic E-state index is -0.537. The third-order valence-electron chi connectivity index (χ3n) is 5.22. The molecule has 2 aliphatic heterocycles. The van der Waals surface area contributed by atoms with Crippen LogP contribution in [0.1, 0.15) is 47.0 Å². The summed E-state index contributed by atoms with van der Waals surface area (Å²) in [6.45, 7) is 6.44. The molecule has 0 aromatic rings. The van der Waals surface area contributed by atoms with Crippen LogP contribution in [0.5, 0.6) is 0 Å². The molecule has 0 amide bonds. The lowest BCUT2D eigenvalue weighted by atomic mass is 9.88. The molecule has 0 unspecified atom stereocenters. The van der Waals surface area contributed by atoms with Crippen molar-refractivity contribution in [3.8, 4) is 0 Å². The second kappa shape index (κ2) is 6.87. The zero-order valence-electron chi connectivity index (χ0n) is 15.5. The van der Waals surface area contributed by atoms with Crippen LogP contribution in [-0.4, -0.2) is 48.4 Å². The zero-order chi connectivity index (χ0) is 19.1. The number of ether oxygens (including phenoxy) is 4. The van der Waals surface area contributed by atoms with E-state index in [1.165, 1.54) is 13.8 Å². The van der Waals surface area contributed by atoms with E-state index in [4.69, 9.17) is 18.9 Å². The molecule has 0 aromatic heterocycles. The first-order chi connectivity index (χ1) is 12.2. The summed E-state index contributed by atoms with van der Waals surface area (Å²) in [4.78, 5) is 34.8. The number of esters is 3. The van der Waals surface area contributed by atoms with Crippen LogP contribution in [0.3, 0.4) is 0 Å². The summed E-state index contributed by atoms with van der Waals surface area (Å²) in [5.41, 5.74) is 1.68. The highest BCUT2D eigenvalue weighted by atomic mass is 16.6. The van der Waals surface area contributed by atoms with E-state index in [0.29, 0.717) is 24.8 Å². The average molecular weight is 364 g/mol. The largest absolute Gasteiger partial charge is 0.461 e. The predicted molar refractivity (Wildman–Crippen MR) is 90.0 cm³/mol. The smallest absolute Gasteiger partial charge is 0.338 e. The fourth-order valence-corrected chi connectivity index (χ4v) is 3.57. The normalized spacial score (nSPS) is 35.5. The number of epoxide rings is 1. The van der Waals surface area contributed by atoms with Gasteiger partial charge >= 0.3 is 17.9 Å². The SMILES string of the molecule is CC(=O)OCC1=C2CC[C@]3(C)O[C@@H]3C[C@H](OC(C)=O)/C(C)=C/[C@H]2OC1=O. The van der Waals surface area contributed by atoms with Crippen LogP contribution in [0.25, 0.3) is 0 Å². The van der Waals surface area contributed by atoms with Crippen molar-refractivity contribution in [2.24, 2.45) is 0 Å². The van der Waals surface area contributed by atoms with Gasteiger partial charge in [-0.25, -0.2) is 4.79 Å². The monoisotopic (exact) mass is 364 g/mol. The number of fused-ring (bicyclic) bond motifs is 2. The lowest BCUT2D eigenvalue weighted by Crippen LogP contribution is -2.25. The molecule has 0 aromatic carbocycles. The number of carbonyl (C=O) groups is 3. The van der Waals surface area contributed by atoms with Crippen LogP contribution in [0.15, 0.2) is 22.8 Å². The van der Waals surface area contributed by atoms with Crippen molar-refractivity contribution in [2.75, 3.05) is 6.61 Å². The van der Waals surface area contributed by atoms with Gasteiger partial charge in [-0.05, 0) is 43.9 Å². The maximum Gasteiger partial charge on any atom is 0.338 e.